The molecule has 0 aliphatic carbocycles. The molecule has 0 amide bonds. The van der Waals surface area contributed by atoms with Gasteiger partial charge in [0.1, 0.15) is 17.9 Å². The molecule has 8 nitrogen and oxygen atoms in total. The number of aromatic nitrogens is 6. The van der Waals surface area contributed by atoms with Gasteiger partial charge < -0.3 is 10.6 Å². The van der Waals surface area contributed by atoms with E-state index >= 15 is 0 Å². The number of hydrogen-bond acceptors (Lipinski definition) is 7. The molecular formula is C13H15N7OS. The molecule has 0 aliphatic heterocycles. The van der Waals surface area contributed by atoms with Gasteiger partial charge in [-0.25, -0.2) is 9.66 Å². The first-order valence-electron chi connectivity index (χ1n) is 6.50. The summed E-state index contributed by atoms with van der Waals surface area (Å²) in [5.41, 5.74) is 0.797. The molecule has 0 atom stereocenters. The van der Waals surface area contributed by atoms with E-state index in [9.17, 15) is 0 Å². The summed E-state index contributed by atoms with van der Waals surface area (Å²) in [6, 6.07) is 7.54. The van der Waals surface area contributed by atoms with Gasteiger partial charge in [-0.3, -0.25) is 4.68 Å². The Morgan fingerprint density at radius 1 is 1.27 bits per heavy atom. The number of methoxy groups -OCH3 is 1. The third-order valence-electron chi connectivity index (χ3n) is 3.15. The van der Waals surface area contributed by atoms with Crippen molar-refractivity contribution in [3.63, 3.8) is 0 Å². The maximum atomic E-state index is 6.11. The van der Waals surface area contributed by atoms with Crippen molar-refractivity contribution in [1.29, 1.82) is 0 Å². The topological polar surface area (TPSA) is 96.7 Å². The van der Waals surface area contributed by atoms with Gasteiger partial charge in [0, 0.05) is 7.05 Å². The van der Waals surface area contributed by atoms with Crippen LogP contribution < -0.4 is 10.6 Å². The molecule has 2 N–H and O–H groups in total. The van der Waals surface area contributed by atoms with Crippen LogP contribution >= 0.6 is 11.8 Å². The molecule has 2 aromatic heterocycles. The first-order valence-corrected chi connectivity index (χ1v) is 7.49. The van der Waals surface area contributed by atoms with Crippen molar-refractivity contribution in [2.24, 2.45) is 7.05 Å². The average Bonchev–Trinajstić information content (AvgIpc) is 3.11. The van der Waals surface area contributed by atoms with E-state index < -0.39 is 0 Å². The van der Waals surface area contributed by atoms with Gasteiger partial charge >= 0.3 is 0 Å². The summed E-state index contributed by atoms with van der Waals surface area (Å²) in [6.07, 6.45) is 1.52. The van der Waals surface area contributed by atoms with Crippen molar-refractivity contribution in [3.8, 4) is 17.1 Å². The van der Waals surface area contributed by atoms with E-state index in [0.717, 1.165) is 11.4 Å². The molecule has 0 fully saturated rings. The third-order valence-corrected chi connectivity index (χ3v) is 4.09. The second kappa shape index (κ2) is 6.06. The molecule has 2 heterocycles. The lowest BCUT2D eigenvalue weighted by Crippen LogP contribution is -2.12. The summed E-state index contributed by atoms with van der Waals surface area (Å²) in [5, 5.41) is 12.9. The van der Waals surface area contributed by atoms with Gasteiger partial charge in [-0.1, -0.05) is 23.9 Å². The van der Waals surface area contributed by atoms with Crippen LogP contribution in [-0.2, 0) is 12.8 Å². The molecule has 9 heteroatoms. The van der Waals surface area contributed by atoms with E-state index in [2.05, 4.69) is 20.3 Å². The zero-order chi connectivity index (χ0) is 15.5. The Morgan fingerprint density at radius 3 is 2.82 bits per heavy atom. The summed E-state index contributed by atoms with van der Waals surface area (Å²) in [7, 11) is 3.45. The molecule has 0 bridgehead atoms. The highest BCUT2D eigenvalue weighted by Gasteiger charge is 2.16. The summed E-state index contributed by atoms with van der Waals surface area (Å²) in [6.45, 7) is 0. The standard InChI is InChI=1S/C13H15N7OS/c1-19-11(15-8-16-19)7-22-13-18-17-12(20(13)14)9-5-3-4-6-10(9)21-2/h3-6,8H,7,14H2,1-2H3. The number of benzene rings is 1. The van der Waals surface area contributed by atoms with Gasteiger partial charge in [-0.05, 0) is 12.1 Å². The lowest BCUT2D eigenvalue weighted by molar-refractivity contribution is 0.416. The fourth-order valence-corrected chi connectivity index (χ4v) is 2.81. The minimum Gasteiger partial charge on any atom is -0.496 e. The van der Waals surface area contributed by atoms with E-state index in [1.165, 1.54) is 22.8 Å². The molecule has 1 aromatic carbocycles. The van der Waals surface area contributed by atoms with E-state index in [4.69, 9.17) is 10.6 Å². The Balaban J connectivity index is 1.84. The van der Waals surface area contributed by atoms with Gasteiger partial charge in [0.25, 0.3) is 0 Å². The molecule has 0 unspecified atom stereocenters. The number of nitrogens with two attached hydrogens (primary N) is 1. The Bertz CT molecular complexity index is 782. The Morgan fingerprint density at radius 2 is 2.09 bits per heavy atom. The zero-order valence-corrected chi connectivity index (χ0v) is 13.0. The van der Waals surface area contributed by atoms with Crippen LogP contribution in [0.1, 0.15) is 5.82 Å². The minimum absolute atomic E-state index is 0.554. The summed E-state index contributed by atoms with van der Waals surface area (Å²) < 4.78 is 8.50. The summed E-state index contributed by atoms with van der Waals surface area (Å²) in [5.74, 6) is 8.81. The highest BCUT2D eigenvalue weighted by atomic mass is 32.2. The Labute approximate surface area is 131 Å². The van der Waals surface area contributed by atoms with Crippen LogP contribution in [0.25, 0.3) is 11.4 Å². The first-order chi connectivity index (χ1) is 10.7. The van der Waals surface area contributed by atoms with Gasteiger partial charge in [0.05, 0.1) is 18.4 Å². The number of nitrogen functional groups attached to an aromatic ring is 1. The number of ether oxygens (including phenoxy) is 1. The molecule has 114 valence electrons. The van der Waals surface area contributed by atoms with Gasteiger partial charge in [0.2, 0.25) is 5.16 Å². The van der Waals surface area contributed by atoms with Gasteiger partial charge in [-0.2, -0.15) is 5.10 Å². The molecule has 3 rings (SSSR count). The maximum Gasteiger partial charge on any atom is 0.210 e. The van der Waals surface area contributed by atoms with E-state index in [-0.39, 0.29) is 0 Å². The second-order valence-electron chi connectivity index (χ2n) is 4.47. The molecule has 0 saturated carbocycles. The minimum atomic E-state index is 0.554. The van der Waals surface area contributed by atoms with E-state index in [0.29, 0.717) is 22.5 Å². The van der Waals surface area contributed by atoms with Crippen molar-refractivity contribution >= 4 is 11.8 Å². The highest BCUT2D eigenvalue weighted by Crippen LogP contribution is 2.29. The lowest BCUT2D eigenvalue weighted by Gasteiger charge is -2.07. The third kappa shape index (κ3) is 2.62. The quantitative estimate of drug-likeness (QED) is 0.555. The van der Waals surface area contributed by atoms with Crippen molar-refractivity contribution in [2.75, 3.05) is 13.0 Å². The average molecular weight is 317 g/mol. The molecule has 0 aliphatic rings. The maximum absolute atomic E-state index is 6.11. The number of thioether (sulfide) groups is 1. The van der Waals surface area contributed by atoms with Crippen LogP contribution in [-0.4, -0.2) is 36.7 Å². The van der Waals surface area contributed by atoms with Crippen LogP contribution in [0.5, 0.6) is 5.75 Å². The predicted molar refractivity (Wildman–Crippen MR) is 82.7 cm³/mol. The SMILES string of the molecule is COc1ccccc1-c1nnc(SCc2ncnn2C)n1N. The van der Waals surface area contributed by atoms with Gasteiger partial charge in [-0.15, -0.1) is 10.2 Å². The van der Waals surface area contributed by atoms with Gasteiger partial charge in [0.15, 0.2) is 5.82 Å². The monoisotopic (exact) mass is 317 g/mol. The van der Waals surface area contributed by atoms with Crippen LogP contribution in [0, 0.1) is 0 Å². The second-order valence-corrected chi connectivity index (χ2v) is 5.41. The fraction of sp³-hybridized carbons (Fsp3) is 0.231. The molecule has 0 radical (unpaired) electrons. The summed E-state index contributed by atoms with van der Waals surface area (Å²) in [4.78, 5) is 4.17. The van der Waals surface area contributed by atoms with Crippen LogP contribution in [0.15, 0.2) is 35.7 Å². The molecule has 0 spiro atoms. The molecule has 0 saturated heterocycles. The van der Waals surface area contributed by atoms with Crippen molar-refractivity contribution < 1.29 is 4.74 Å². The van der Waals surface area contributed by atoms with Crippen LogP contribution in [0.2, 0.25) is 0 Å². The number of aryl methyl sites for hydroxylation is 1. The highest BCUT2D eigenvalue weighted by molar-refractivity contribution is 7.98. The zero-order valence-electron chi connectivity index (χ0n) is 12.2. The predicted octanol–water partition coefficient (Wildman–Crippen LogP) is 1.09. The Kier molecular flexibility index (Phi) is 3.96. The number of nitrogens with zero attached hydrogens (tertiary/aromatic N) is 6. The van der Waals surface area contributed by atoms with Crippen molar-refractivity contribution in [2.45, 2.75) is 10.9 Å². The number of rotatable bonds is 5. The number of hydrogen-bond donors (Lipinski definition) is 1. The normalized spacial score (nSPS) is 10.8. The molecule has 3 aromatic rings. The molecular weight excluding hydrogens is 302 g/mol. The van der Waals surface area contributed by atoms with Crippen LogP contribution in [0.3, 0.4) is 0 Å². The number of para-hydroxylation sites is 1. The first kappa shape index (κ1) is 14.4. The van der Waals surface area contributed by atoms with E-state index in [1.807, 2.05) is 31.3 Å². The smallest absolute Gasteiger partial charge is 0.210 e. The van der Waals surface area contributed by atoms with Crippen molar-refractivity contribution in [1.82, 2.24) is 29.6 Å². The summed E-state index contributed by atoms with van der Waals surface area (Å²) >= 11 is 1.45. The fourth-order valence-electron chi connectivity index (χ4n) is 1.97. The van der Waals surface area contributed by atoms with Crippen LogP contribution in [0.4, 0.5) is 0 Å². The molecule has 22 heavy (non-hydrogen) atoms. The Hall–Kier alpha value is -2.55. The largest absolute Gasteiger partial charge is 0.496 e. The lowest BCUT2D eigenvalue weighted by atomic mass is 10.2. The van der Waals surface area contributed by atoms with E-state index in [1.54, 1.807) is 11.8 Å². The van der Waals surface area contributed by atoms with Crippen molar-refractivity contribution in [3.05, 3.63) is 36.4 Å².